The van der Waals surface area contributed by atoms with Crippen molar-refractivity contribution in [2.24, 2.45) is 5.41 Å². The molecule has 0 aliphatic rings. The molecule has 0 aliphatic carbocycles. The third kappa shape index (κ3) is 6.87. The summed E-state index contributed by atoms with van der Waals surface area (Å²) in [5.74, 6) is 0.358. The summed E-state index contributed by atoms with van der Waals surface area (Å²) in [6.07, 6.45) is 0. The summed E-state index contributed by atoms with van der Waals surface area (Å²) >= 11 is 0. The Morgan fingerprint density at radius 3 is 2.15 bits per heavy atom. The fourth-order valence-corrected chi connectivity index (χ4v) is 2.91. The fraction of sp³-hybridized carbons (Fsp3) is 0.364. The van der Waals surface area contributed by atoms with Gasteiger partial charge in [-0.3, -0.25) is 9.59 Å². The molecule has 0 heterocycles. The van der Waals surface area contributed by atoms with Crippen molar-refractivity contribution in [1.82, 2.24) is 10.2 Å². The molecule has 0 aliphatic heterocycles. The van der Waals surface area contributed by atoms with Crippen LogP contribution in [0.2, 0.25) is 0 Å². The highest BCUT2D eigenvalue weighted by Crippen LogP contribution is 2.16. The van der Waals surface area contributed by atoms with Crippen molar-refractivity contribution in [2.75, 3.05) is 33.8 Å². The third-order valence-electron chi connectivity index (χ3n) is 4.03. The minimum Gasteiger partial charge on any atom is -0.484 e. The Morgan fingerprint density at radius 2 is 1.56 bits per heavy atom. The summed E-state index contributed by atoms with van der Waals surface area (Å²) in [5.41, 5.74) is 1.22. The molecular formula is C22H28N2O3. The molecule has 2 aromatic rings. The minimum absolute atomic E-state index is 0.0153. The minimum atomic E-state index is -0.161. The lowest BCUT2D eigenvalue weighted by Crippen LogP contribution is -2.41. The number of benzene rings is 2. The molecule has 1 amide bonds. The van der Waals surface area contributed by atoms with Gasteiger partial charge in [0, 0.05) is 24.2 Å². The number of rotatable bonds is 9. The predicted octanol–water partition coefficient (Wildman–Crippen LogP) is 3.00. The van der Waals surface area contributed by atoms with Crippen molar-refractivity contribution < 1.29 is 14.3 Å². The molecule has 0 spiro atoms. The fourth-order valence-electron chi connectivity index (χ4n) is 2.91. The van der Waals surface area contributed by atoms with E-state index in [1.54, 1.807) is 36.4 Å². The zero-order valence-electron chi connectivity index (χ0n) is 16.5. The molecular weight excluding hydrogens is 340 g/mol. The number of ether oxygens (including phenoxy) is 1. The molecule has 0 unspecified atom stereocenters. The van der Waals surface area contributed by atoms with Crippen LogP contribution in [0.15, 0.2) is 54.6 Å². The van der Waals surface area contributed by atoms with Gasteiger partial charge >= 0.3 is 0 Å². The Hall–Kier alpha value is -2.66. The molecule has 0 atom stereocenters. The van der Waals surface area contributed by atoms with E-state index in [1.165, 1.54) is 0 Å². The van der Waals surface area contributed by atoms with Gasteiger partial charge in [-0.25, -0.2) is 0 Å². The summed E-state index contributed by atoms with van der Waals surface area (Å²) in [5, 5.41) is 2.90. The Balaban J connectivity index is 1.83. The van der Waals surface area contributed by atoms with Gasteiger partial charge in [0.15, 0.2) is 12.4 Å². The van der Waals surface area contributed by atoms with Crippen LogP contribution < -0.4 is 10.1 Å². The first-order valence-corrected chi connectivity index (χ1v) is 9.01. The Morgan fingerprint density at radius 1 is 0.963 bits per heavy atom. The summed E-state index contributed by atoms with van der Waals surface area (Å²) < 4.78 is 5.52. The van der Waals surface area contributed by atoms with Gasteiger partial charge in [0.05, 0.1) is 0 Å². The monoisotopic (exact) mass is 368 g/mol. The largest absolute Gasteiger partial charge is 0.484 e. The number of hydrogen-bond donors (Lipinski definition) is 1. The normalized spacial score (nSPS) is 11.3. The molecule has 144 valence electrons. The van der Waals surface area contributed by atoms with Crippen molar-refractivity contribution in [1.29, 1.82) is 0 Å². The maximum atomic E-state index is 12.4. The van der Waals surface area contributed by atoms with E-state index < -0.39 is 0 Å². The van der Waals surface area contributed by atoms with Crippen LogP contribution in [0, 0.1) is 5.41 Å². The zero-order valence-corrected chi connectivity index (χ0v) is 16.5. The Kier molecular flexibility index (Phi) is 7.13. The van der Waals surface area contributed by atoms with Crippen LogP contribution in [0.5, 0.6) is 5.75 Å². The van der Waals surface area contributed by atoms with Gasteiger partial charge in [-0.15, -0.1) is 0 Å². The van der Waals surface area contributed by atoms with Crippen LogP contribution >= 0.6 is 0 Å². The lowest BCUT2D eigenvalue weighted by Gasteiger charge is -2.28. The molecule has 0 saturated carbocycles. The number of carbonyl (C=O) groups is 2. The average molecular weight is 368 g/mol. The van der Waals surface area contributed by atoms with E-state index in [9.17, 15) is 9.59 Å². The smallest absolute Gasteiger partial charge is 0.257 e. The number of amides is 1. The molecule has 0 aromatic heterocycles. The van der Waals surface area contributed by atoms with Crippen LogP contribution in [0.4, 0.5) is 0 Å². The van der Waals surface area contributed by atoms with E-state index in [2.05, 4.69) is 24.1 Å². The molecule has 2 aromatic carbocycles. The first-order valence-electron chi connectivity index (χ1n) is 9.01. The first kappa shape index (κ1) is 20.6. The quantitative estimate of drug-likeness (QED) is 0.691. The van der Waals surface area contributed by atoms with Crippen LogP contribution in [0.3, 0.4) is 0 Å². The number of hydrogen-bond acceptors (Lipinski definition) is 4. The molecule has 0 radical (unpaired) electrons. The molecule has 2 rings (SSSR count). The Bertz CT molecular complexity index is 753. The third-order valence-corrected chi connectivity index (χ3v) is 4.03. The number of nitrogens with zero attached hydrogens (tertiary/aromatic N) is 1. The van der Waals surface area contributed by atoms with E-state index in [-0.39, 0.29) is 23.7 Å². The van der Waals surface area contributed by atoms with Crippen molar-refractivity contribution in [3.63, 3.8) is 0 Å². The number of ketones is 1. The van der Waals surface area contributed by atoms with Crippen molar-refractivity contribution in [3.8, 4) is 5.75 Å². The van der Waals surface area contributed by atoms with Gasteiger partial charge in [-0.2, -0.15) is 0 Å². The number of carbonyl (C=O) groups excluding carboxylic acids is 2. The molecule has 5 nitrogen and oxygen atoms in total. The van der Waals surface area contributed by atoms with Gasteiger partial charge in [0.1, 0.15) is 5.75 Å². The lowest BCUT2D eigenvalue weighted by molar-refractivity contribution is -0.123. The highest BCUT2D eigenvalue weighted by atomic mass is 16.5. The second kappa shape index (κ2) is 9.33. The van der Waals surface area contributed by atoms with Gasteiger partial charge in [-0.05, 0) is 43.8 Å². The van der Waals surface area contributed by atoms with E-state index in [1.807, 2.05) is 32.3 Å². The van der Waals surface area contributed by atoms with Crippen LogP contribution in [0.25, 0.3) is 0 Å². The molecule has 0 fully saturated rings. The summed E-state index contributed by atoms with van der Waals surface area (Å²) in [7, 11) is 4.03. The second-order valence-electron chi connectivity index (χ2n) is 7.69. The van der Waals surface area contributed by atoms with E-state index in [0.717, 1.165) is 6.54 Å². The maximum Gasteiger partial charge on any atom is 0.257 e. The van der Waals surface area contributed by atoms with Gasteiger partial charge in [-0.1, -0.05) is 44.2 Å². The highest BCUT2D eigenvalue weighted by molar-refractivity contribution is 6.08. The zero-order chi connectivity index (χ0) is 19.9. The molecule has 27 heavy (non-hydrogen) atoms. The first-order chi connectivity index (χ1) is 12.8. The lowest BCUT2D eigenvalue weighted by atomic mass is 9.93. The number of nitrogens with one attached hydrogen (secondary N) is 1. The summed E-state index contributed by atoms with van der Waals surface area (Å²) in [4.78, 5) is 26.5. The van der Waals surface area contributed by atoms with Crippen molar-refractivity contribution in [3.05, 3.63) is 65.7 Å². The van der Waals surface area contributed by atoms with E-state index >= 15 is 0 Å². The van der Waals surface area contributed by atoms with Gasteiger partial charge in [0.25, 0.3) is 5.91 Å². The SMILES string of the molecule is CN(C)CC(C)(C)CNC(=O)COc1ccc(C(=O)c2ccccc2)cc1. The predicted molar refractivity (Wildman–Crippen MR) is 107 cm³/mol. The Labute approximate surface area is 161 Å². The molecule has 1 N–H and O–H groups in total. The van der Waals surface area contributed by atoms with Crippen LogP contribution in [0.1, 0.15) is 29.8 Å². The molecule has 0 bridgehead atoms. The molecule has 0 saturated heterocycles. The second-order valence-corrected chi connectivity index (χ2v) is 7.69. The standard InChI is InChI=1S/C22H28N2O3/c1-22(2,16-24(3)4)15-23-20(25)14-27-19-12-10-18(11-13-19)21(26)17-8-6-5-7-9-17/h5-13H,14-16H2,1-4H3,(H,23,25). The van der Waals surface area contributed by atoms with E-state index in [0.29, 0.717) is 23.4 Å². The van der Waals surface area contributed by atoms with Crippen LogP contribution in [-0.4, -0.2) is 50.4 Å². The summed E-state index contributed by atoms with van der Waals surface area (Å²) in [6, 6.07) is 16.0. The van der Waals surface area contributed by atoms with Gasteiger partial charge < -0.3 is 15.0 Å². The average Bonchev–Trinajstić information content (AvgIpc) is 2.64. The van der Waals surface area contributed by atoms with Crippen molar-refractivity contribution >= 4 is 11.7 Å². The summed E-state index contributed by atoms with van der Waals surface area (Å²) in [6.45, 7) is 5.63. The van der Waals surface area contributed by atoms with Gasteiger partial charge in [0.2, 0.25) is 0 Å². The van der Waals surface area contributed by atoms with E-state index in [4.69, 9.17) is 4.74 Å². The molecule has 5 heteroatoms. The van der Waals surface area contributed by atoms with Crippen LogP contribution in [-0.2, 0) is 4.79 Å². The maximum absolute atomic E-state index is 12.4. The highest BCUT2D eigenvalue weighted by Gasteiger charge is 2.19. The van der Waals surface area contributed by atoms with Crippen molar-refractivity contribution in [2.45, 2.75) is 13.8 Å². The topological polar surface area (TPSA) is 58.6 Å².